The summed E-state index contributed by atoms with van der Waals surface area (Å²) >= 11 is 0. The first-order valence-electron chi connectivity index (χ1n) is 8.35. The summed E-state index contributed by atoms with van der Waals surface area (Å²) in [5.41, 5.74) is 1.85. The van der Waals surface area contributed by atoms with E-state index in [-0.39, 0.29) is 30.7 Å². The van der Waals surface area contributed by atoms with Crippen molar-refractivity contribution >= 4 is 23.5 Å². The van der Waals surface area contributed by atoms with Crippen LogP contribution in [0.1, 0.15) is 24.8 Å². The van der Waals surface area contributed by atoms with Crippen LogP contribution in [0.4, 0.5) is 5.69 Å². The second kappa shape index (κ2) is 6.63. The summed E-state index contributed by atoms with van der Waals surface area (Å²) < 4.78 is 0. The van der Waals surface area contributed by atoms with Gasteiger partial charge in [0.25, 0.3) is 0 Å². The highest BCUT2D eigenvalue weighted by Crippen LogP contribution is 2.29. The number of aryl methyl sites for hydroxylation is 1. The maximum atomic E-state index is 12.7. The van der Waals surface area contributed by atoms with Crippen molar-refractivity contribution in [2.75, 3.05) is 24.5 Å². The number of carboxylic acid groups (broad SMARTS) is 1. The molecule has 0 aromatic heterocycles. The van der Waals surface area contributed by atoms with Gasteiger partial charge in [-0.15, -0.1) is 0 Å². The van der Waals surface area contributed by atoms with Crippen LogP contribution in [0.5, 0.6) is 0 Å². The van der Waals surface area contributed by atoms with E-state index in [1.54, 1.807) is 9.80 Å². The van der Waals surface area contributed by atoms with Crippen LogP contribution in [0, 0.1) is 18.8 Å². The molecule has 2 aliphatic heterocycles. The molecule has 128 valence electrons. The Balaban J connectivity index is 1.70. The van der Waals surface area contributed by atoms with Crippen LogP contribution in [-0.4, -0.2) is 47.4 Å². The van der Waals surface area contributed by atoms with E-state index in [9.17, 15) is 14.4 Å². The third-order valence-corrected chi connectivity index (χ3v) is 4.96. The van der Waals surface area contributed by atoms with Crippen molar-refractivity contribution in [3.8, 4) is 0 Å². The van der Waals surface area contributed by atoms with E-state index >= 15 is 0 Å². The van der Waals surface area contributed by atoms with Crippen LogP contribution in [0.25, 0.3) is 0 Å². The number of amides is 2. The molecule has 0 spiro atoms. The standard InChI is InChI=1S/C18H22N2O4/c1-12-5-2-3-7-15(12)20-11-14(9-16(20)21)17(22)19-8-4-6-13(10-19)18(23)24/h2-3,5,7,13-14H,4,6,8-11H2,1H3,(H,23,24)/t13-,14-/m1/s1. The summed E-state index contributed by atoms with van der Waals surface area (Å²) in [6.45, 7) is 3.15. The van der Waals surface area contributed by atoms with E-state index < -0.39 is 11.9 Å². The highest BCUT2D eigenvalue weighted by molar-refractivity contribution is 6.00. The monoisotopic (exact) mass is 330 g/mol. The summed E-state index contributed by atoms with van der Waals surface area (Å²) in [6, 6.07) is 7.63. The van der Waals surface area contributed by atoms with E-state index in [1.165, 1.54) is 0 Å². The lowest BCUT2D eigenvalue weighted by atomic mass is 9.96. The predicted molar refractivity (Wildman–Crippen MR) is 88.6 cm³/mol. The third kappa shape index (κ3) is 3.13. The Labute approximate surface area is 141 Å². The van der Waals surface area contributed by atoms with Crippen LogP contribution >= 0.6 is 0 Å². The summed E-state index contributed by atoms with van der Waals surface area (Å²) in [5.74, 6) is -1.87. The average molecular weight is 330 g/mol. The average Bonchev–Trinajstić information content (AvgIpc) is 2.96. The Morgan fingerprint density at radius 2 is 1.92 bits per heavy atom. The van der Waals surface area contributed by atoms with E-state index in [2.05, 4.69) is 0 Å². The van der Waals surface area contributed by atoms with Crippen LogP contribution < -0.4 is 4.90 Å². The quantitative estimate of drug-likeness (QED) is 0.914. The summed E-state index contributed by atoms with van der Waals surface area (Å²) in [7, 11) is 0. The van der Waals surface area contributed by atoms with Gasteiger partial charge in [-0.1, -0.05) is 18.2 Å². The fourth-order valence-corrected chi connectivity index (χ4v) is 3.61. The molecule has 6 nitrogen and oxygen atoms in total. The molecule has 0 radical (unpaired) electrons. The first-order chi connectivity index (χ1) is 11.5. The number of piperidine rings is 1. The molecule has 2 atom stereocenters. The fourth-order valence-electron chi connectivity index (χ4n) is 3.61. The molecule has 2 fully saturated rings. The number of nitrogens with zero attached hydrogens (tertiary/aromatic N) is 2. The second-order valence-electron chi connectivity index (χ2n) is 6.65. The number of benzene rings is 1. The third-order valence-electron chi connectivity index (χ3n) is 4.96. The molecule has 0 aliphatic carbocycles. The Hall–Kier alpha value is -2.37. The zero-order chi connectivity index (χ0) is 17.3. The van der Waals surface area contributed by atoms with Crippen LogP contribution in [0.15, 0.2) is 24.3 Å². The van der Waals surface area contributed by atoms with Gasteiger partial charge in [0.15, 0.2) is 0 Å². The van der Waals surface area contributed by atoms with Crippen molar-refractivity contribution < 1.29 is 19.5 Å². The lowest BCUT2D eigenvalue weighted by Gasteiger charge is -2.32. The van der Waals surface area contributed by atoms with Gasteiger partial charge in [-0.05, 0) is 31.4 Å². The van der Waals surface area contributed by atoms with Crippen molar-refractivity contribution in [1.82, 2.24) is 4.90 Å². The Bertz CT molecular complexity index is 673. The summed E-state index contributed by atoms with van der Waals surface area (Å²) in [4.78, 5) is 39.6. The number of likely N-dealkylation sites (tertiary alicyclic amines) is 1. The minimum atomic E-state index is -0.850. The molecule has 6 heteroatoms. The zero-order valence-corrected chi connectivity index (χ0v) is 13.8. The molecule has 3 rings (SSSR count). The Morgan fingerprint density at radius 1 is 1.17 bits per heavy atom. The number of carbonyl (C=O) groups is 3. The number of carbonyl (C=O) groups excluding carboxylic acids is 2. The SMILES string of the molecule is Cc1ccccc1N1C[C@H](C(=O)N2CCC[C@@H](C(=O)O)C2)CC1=O. The van der Waals surface area contributed by atoms with Gasteiger partial charge in [-0.25, -0.2) is 0 Å². The van der Waals surface area contributed by atoms with Gasteiger partial charge < -0.3 is 14.9 Å². The fraction of sp³-hybridized carbons (Fsp3) is 0.500. The number of hydrogen-bond acceptors (Lipinski definition) is 3. The molecule has 1 aromatic carbocycles. The maximum absolute atomic E-state index is 12.7. The van der Waals surface area contributed by atoms with Crippen molar-refractivity contribution in [3.63, 3.8) is 0 Å². The molecule has 2 aliphatic rings. The molecule has 24 heavy (non-hydrogen) atoms. The van der Waals surface area contributed by atoms with E-state index in [1.807, 2.05) is 31.2 Å². The zero-order valence-electron chi connectivity index (χ0n) is 13.8. The van der Waals surface area contributed by atoms with E-state index in [0.29, 0.717) is 25.9 Å². The van der Waals surface area contributed by atoms with E-state index in [0.717, 1.165) is 11.3 Å². The largest absolute Gasteiger partial charge is 0.481 e. The molecular formula is C18H22N2O4. The lowest BCUT2D eigenvalue weighted by Crippen LogP contribution is -2.45. The van der Waals surface area contributed by atoms with Gasteiger partial charge in [-0.3, -0.25) is 14.4 Å². The smallest absolute Gasteiger partial charge is 0.308 e. The van der Waals surface area contributed by atoms with Crippen LogP contribution in [0.2, 0.25) is 0 Å². The second-order valence-corrected chi connectivity index (χ2v) is 6.65. The normalized spacial score (nSPS) is 24.3. The first-order valence-corrected chi connectivity index (χ1v) is 8.35. The molecular weight excluding hydrogens is 308 g/mol. The molecule has 0 saturated carbocycles. The van der Waals surface area contributed by atoms with Gasteiger partial charge in [0.1, 0.15) is 0 Å². The maximum Gasteiger partial charge on any atom is 0.308 e. The van der Waals surface area contributed by atoms with Crippen LogP contribution in [0.3, 0.4) is 0 Å². The van der Waals surface area contributed by atoms with Gasteiger partial charge in [-0.2, -0.15) is 0 Å². The predicted octanol–water partition coefficient (Wildman–Crippen LogP) is 1.67. The number of carboxylic acids is 1. The van der Waals surface area contributed by atoms with Gasteiger partial charge >= 0.3 is 5.97 Å². The number of hydrogen-bond donors (Lipinski definition) is 1. The summed E-state index contributed by atoms with van der Waals surface area (Å²) in [5, 5.41) is 9.17. The molecule has 0 bridgehead atoms. The van der Waals surface area contributed by atoms with E-state index in [4.69, 9.17) is 5.11 Å². The number of para-hydroxylation sites is 1. The van der Waals surface area contributed by atoms with Crippen molar-refractivity contribution in [2.45, 2.75) is 26.2 Å². The van der Waals surface area contributed by atoms with Gasteiger partial charge in [0.2, 0.25) is 11.8 Å². The lowest BCUT2D eigenvalue weighted by molar-refractivity contribution is -0.146. The van der Waals surface area contributed by atoms with Crippen molar-refractivity contribution in [3.05, 3.63) is 29.8 Å². The first kappa shape index (κ1) is 16.5. The molecule has 2 amide bonds. The minimum absolute atomic E-state index is 0.0468. The Morgan fingerprint density at radius 3 is 2.62 bits per heavy atom. The van der Waals surface area contributed by atoms with Crippen LogP contribution in [-0.2, 0) is 14.4 Å². The molecule has 1 aromatic rings. The summed E-state index contributed by atoms with van der Waals surface area (Å²) in [6.07, 6.45) is 1.50. The topological polar surface area (TPSA) is 77.9 Å². The minimum Gasteiger partial charge on any atom is -0.481 e. The molecule has 1 N–H and O–H groups in total. The number of aliphatic carboxylic acids is 1. The van der Waals surface area contributed by atoms with Crippen molar-refractivity contribution in [1.29, 1.82) is 0 Å². The number of rotatable bonds is 3. The van der Waals surface area contributed by atoms with Crippen molar-refractivity contribution in [2.24, 2.45) is 11.8 Å². The Kier molecular flexibility index (Phi) is 4.55. The van der Waals surface area contributed by atoms with Gasteiger partial charge in [0, 0.05) is 31.7 Å². The highest BCUT2D eigenvalue weighted by Gasteiger charge is 2.39. The highest BCUT2D eigenvalue weighted by atomic mass is 16.4. The molecule has 0 unspecified atom stereocenters. The molecule has 2 saturated heterocycles. The number of anilines is 1. The van der Waals surface area contributed by atoms with Gasteiger partial charge in [0.05, 0.1) is 11.8 Å². The molecule has 2 heterocycles.